The van der Waals surface area contributed by atoms with Crippen LogP contribution in [0.3, 0.4) is 0 Å². The summed E-state index contributed by atoms with van der Waals surface area (Å²) >= 11 is 0. The van der Waals surface area contributed by atoms with E-state index in [1.165, 1.54) is 0 Å². The molecular weight excluding hydrogens is 444 g/mol. The van der Waals surface area contributed by atoms with Crippen LogP contribution in [0, 0.1) is 6.92 Å². The van der Waals surface area contributed by atoms with Crippen molar-refractivity contribution in [3.8, 4) is 11.1 Å². The average Bonchev–Trinajstić information content (AvgIpc) is 3.13. The van der Waals surface area contributed by atoms with E-state index in [9.17, 15) is 19.8 Å². The molecule has 2 aromatic carbocycles. The minimum atomic E-state index is -1.10. The summed E-state index contributed by atoms with van der Waals surface area (Å²) in [5.41, 5.74) is 5.27. The van der Waals surface area contributed by atoms with Crippen LogP contribution in [-0.2, 0) is 24.3 Å². The van der Waals surface area contributed by atoms with E-state index < -0.39 is 24.6 Å². The van der Waals surface area contributed by atoms with Crippen LogP contribution in [0.1, 0.15) is 53.5 Å². The van der Waals surface area contributed by atoms with Gasteiger partial charge in [-0.25, -0.2) is 0 Å². The number of hydrogen-bond acceptors (Lipinski definition) is 4. The predicted molar refractivity (Wildman–Crippen MR) is 135 cm³/mol. The van der Waals surface area contributed by atoms with Crippen molar-refractivity contribution in [1.82, 2.24) is 9.88 Å². The lowest BCUT2D eigenvalue weighted by molar-refractivity contribution is -0.139. The molecule has 0 saturated carbocycles. The van der Waals surface area contributed by atoms with Gasteiger partial charge in [0.15, 0.2) is 0 Å². The van der Waals surface area contributed by atoms with Gasteiger partial charge in [0.1, 0.15) is 0 Å². The molecule has 0 aliphatic heterocycles. The summed E-state index contributed by atoms with van der Waals surface area (Å²) in [6, 6.07) is 19.5. The van der Waals surface area contributed by atoms with Crippen molar-refractivity contribution in [1.29, 1.82) is 0 Å². The monoisotopic (exact) mass is 478 g/mol. The van der Waals surface area contributed by atoms with Crippen LogP contribution >= 0.6 is 0 Å². The zero-order chi connectivity index (χ0) is 25.4. The van der Waals surface area contributed by atoms with E-state index in [1.807, 2.05) is 74.5 Å². The third kappa shape index (κ3) is 6.81. The summed E-state index contributed by atoms with van der Waals surface area (Å²) in [5, 5.41) is 32.2. The minimum absolute atomic E-state index is 0.00989. The first-order chi connectivity index (χ1) is 16.8. The maximum absolute atomic E-state index is 13.5. The quantitative estimate of drug-likeness (QED) is 0.315. The third-order valence-electron chi connectivity index (χ3n) is 6.19. The van der Waals surface area contributed by atoms with Crippen LogP contribution in [-0.4, -0.2) is 44.0 Å². The van der Waals surface area contributed by atoms with E-state index >= 15 is 0 Å². The molecule has 0 saturated heterocycles. The molecule has 3 aromatic rings. The van der Waals surface area contributed by atoms with Gasteiger partial charge < -0.3 is 25.2 Å². The second-order valence-corrected chi connectivity index (χ2v) is 8.75. The standard InChI is InChI=1S/C28H34N2O5/c1-3-24-27(28(35)29-18-20-10-6-4-7-11-20)26(21-12-8-5-9-13-21)19(2)30(24)15-14-22(31)16-23(32)17-25(33)34/h4-13,22-23,31-32H,3,14-18H2,1-2H3,(H,29,35)(H,33,34)/t22-,23-/m1/s1. The van der Waals surface area contributed by atoms with E-state index in [1.54, 1.807) is 0 Å². The van der Waals surface area contributed by atoms with Crippen LogP contribution in [0.15, 0.2) is 60.7 Å². The van der Waals surface area contributed by atoms with Crippen molar-refractivity contribution in [2.45, 2.75) is 64.8 Å². The Hall–Kier alpha value is -3.42. The molecule has 0 bridgehead atoms. The highest BCUT2D eigenvalue weighted by molar-refractivity contribution is 6.03. The van der Waals surface area contributed by atoms with Crippen molar-refractivity contribution < 1.29 is 24.9 Å². The van der Waals surface area contributed by atoms with Crippen molar-refractivity contribution in [2.75, 3.05) is 0 Å². The first-order valence-corrected chi connectivity index (χ1v) is 12.0. The second kappa shape index (κ2) is 12.3. The molecule has 3 rings (SSSR count). The van der Waals surface area contributed by atoms with Crippen molar-refractivity contribution in [2.24, 2.45) is 0 Å². The molecule has 0 radical (unpaired) electrons. The van der Waals surface area contributed by atoms with Gasteiger partial charge in [0.05, 0.1) is 24.2 Å². The Morgan fingerprint density at radius 2 is 1.60 bits per heavy atom. The molecule has 7 heteroatoms. The molecule has 0 aliphatic rings. The number of aliphatic hydroxyl groups excluding tert-OH is 2. The van der Waals surface area contributed by atoms with Gasteiger partial charge >= 0.3 is 5.97 Å². The van der Waals surface area contributed by atoms with Gasteiger partial charge in [0.25, 0.3) is 5.91 Å². The van der Waals surface area contributed by atoms with E-state index in [0.717, 1.165) is 28.1 Å². The van der Waals surface area contributed by atoms with Crippen LogP contribution in [0.25, 0.3) is 11.1 Å². The molecule has 0 aliphatic carbocycles. The maximum Gasteiger partial charge on any atom is 0.305 e. The number of benzene rings is 2. The Bertz CT molecular complexity index is 1130. The number of carboxylic acid groups (broad SMARTS) is 1. The number of carbonyl (C=O) groups is 2. The summed E-state index contributed by atoms with van der Waals surface area (Å²) in [7, 11) is 0. The summed E-state index contributed by atoms with van der Waals surface area (Å²) in [6.45, 7) is 4.84. The highest BCUT2D eigenvalue weighted by Gasteiger charge is 2.26. The number of nitrogens with one attached hydrogen (secondary N) is 1. The zero-order valence-electron chi connectivity index (χ0n) is 20.3. The smallest absolute Gasteiger partial charge is 0.305 e. The van der Waals surface area contributed by atoms with E-state index in [-0.39, 0.29) is 12.3 Å². The fraction of sp³-hybridized carbons (Fsp3) is 0.357. The topological polar surface area (TPSA) is 112 Å². The van der Waals surface area contributed by atoms with E-state index in [4.69, 9.17) is 5.11 Å². The highest BCUT2D eigenvalue weighted by atomic mass is 16.4. The first-order valence-electron chi connectivity index (χ1n) is 12.0. The minimum Gasteiger partial charge on any atom is -0.481 e. The Morgan fingerprint density at radius 1 is 0.971 bits per heavy atom. The molecule has 0 fully saturated rings. The van der Waals surface area contributed by atoms with Gasteiger partial charge in [-0.2, -0.15) is 0 Å². The fourth-order valence-corrected chi connectivity index (χ4v) is 4.53. The Morgan fingerprint density at radius 3 is 2.20 bits per heavy atom. The van der Waals surface area contributed by atoms with E-state index in [0.29, 0.717) is 31.5 Å². The third-order valence-corrected chi connectivity index (χ3v) is 6.19. The average molecular weight is 479 g/mol. The summed E-state index contributed by atoms with van der Waals surface area (Å²) in [6.07, 6.45) is -1.41. The van der Waals surface area contributed by atoms with Crippen molar-refractivity contribution in [3.63, 3.8) is 0 Å². The SMILES string of the molecule is CCc1c(C(=O)NCc2ccccc2)c(-c2ccccc2)c(C)n1CC[C@@H](O)C[C@@H](O)CC(=O)O. The lowest BCUT2D eigenvalue weighted by atomic mass is 9.99. The molecule has 4 N–H and O–H groups in total. The molecule has 2 atom stereocenters. The zero-order valence-corrected chi connectivity index (χ0v) is 20.3. The number of aliphatic hydroxyl groups is 2. The number of carboxylic acids is 1. The first kappa shape index (κ1) is 26.2. The molecule has 186 valence electrons. The van der Waals surface area contributed by atoms with Gasteiger partial charge in [-0.05, 0) is 37.3 Å². The van der Waals surface area contributed by atoms with Crippen LogP contribution in [0.4, 0.5) is 0 Å². The van der Waals surface area contributed by atoms with Crippen molar-refractivity contribution >= 4 is 11.9 Å². The molecule has 0 unspecified atom stereocenters. The Balaban J connectivity index is 1.89. The summed E-state index contributed by atoms with van der Waals surface area (Å²) < 4.78 is 2.06. The lowest BCUT2D eigenvalue weighted by Crippen LogP contribution is -2.25. The number of amides is 1. The van der Waals surface area contributed by atoms with E-state index in [2.05, 4.69) is 9.88 Å². The molecule has 1 aromatic heterocycles. The number of aliphatic carboxylic acids is 1. The second-order valence-electron chi connectivity index (χ2n) is 8.75. The summed E-state index contributed by atoms with van der Waals surface area (Å²) in [5.74, 6) is -1.25. The Kier molecular flexibility index (Phi) is 9.23. The number of aromatic nitrogens is 1. The molecule has 35 heavy (non-hydrogen) atoms. The van der Waals surface area contributed by atoms with Crippen LogP contribution < -0.4 is 5.32 Å². The fourth-order valence-electron chi connectivity index (χ4n) is 4.53. The van der Waals surface area contributed by atoms with Crippen LogP contribution in [0.2, 0.25) is 0 Å². The number of nitrogens with zero attached hydrogens (tertiary/aromatic N) is 1. The van der Waals surface area contributed by atoms with Gasteiger partial charge in [-0.15, -0.1) is 0 Å². The Labute approximate surface area is 206 Å². The molecule has 1 heterocycles. The maximum atomic E-state index is 13.5. The van der Waals surface area contributed by atoms with Gasteiger partial charge in [0.2, 0.25) is 0 Å². The lowest BCUT2D eigenvalue weighted by Gasteiger charge is -2.17. The number of carbonyl (C=O) groups excluding carboxylic acids is 1. The molecule has 0 spiro atoms. The molecule has 7 nitrogen and oxygen atoms in total. The molecular formula is C28H34N2O5. The number of rotatable bonds is 12. The predicted octanol–water partition coefficient (Wildman–Crippen LogP) is 3.93. The van der Waals surface area contributed by atoms with Gasteiger partial charge in [-0.1, -0.05) is 67.6 Å². The normalized spacial score (nSPS) is 12.8. The van der Waals surface area contributed by atoms with Gasteiger partial charge in [0, 0.05) is 30.0 Å². The van der Waals surface area contributed by atoms with Crippen LogP contribution in [0.5, 0.6) is 0 Å². The largest absolute Gasteiger partial charge is 0.481 e. The van der Waals surface area contributed by atoms with Crippen molar-refractivity contribution in [3.05, 3.63) is 83.2 Å². The number of hydrogen-bond donors (Lipinski definition) is 4. The summed E-state index contributed by atoms with van der Waals surface area (Å²) in [4.78, 5) is 24.3. The molecule has 1 amide bonds. The highest BCUT2D eigenvalue weighted by Crippen LogP contribution is 2.33. The van der Waals surface area contributed by atoms with Gasteiger partial charge in [-0.3, -0.25) is 9.59 Å².